The van der Waals surface area contributed by atoms with Gasteiger partial charge in [-0.3, -0.25) is 9.69 Å². The van der Waals surface area contributed by atoms with Gasteiger partial charge >= 0.3 is 5.97 Å². The third-order valence-electron chi connectivity index (χ3n) is 4.50. The number of carboxylic acids is 1. The molecule has 1 aromatic rings. The van der Waals surface area contributed by atoms with Crippen LogP contribution >= 0.6 is 0 Å². The van der Waals surface area contributed by atoms with Crippen LogP contribution in [0.1, 0.15) is 18.4 Å². The van der Waals surface area contributed by atoms with Crippen LogP contribution in [0, 0.1) is 17.8 Å². The highest BCUT2D eigenvalue weighted by atomic mass is 16.4. The summed E-state index contributed by atoms with van der Waals surface area (Å²) in [6, 6.07) is 10.4. The minimum atomic E-state index is -0.593. The molecule has 2 fully saturated rings. The Morgan fingerprint density at radius 1 is 1.22 bits per heavy atom. The number of hydrogen-bond acceptors (Lipinski definition) is 2. The zero-order valence-corrected chi connectivity index (χ0v) is 10.5. The maximum atomic E-state index is 11.2. The monoisotopic (exact) mass is 245 g/mol. The largest absolute Gasteiger partial charge is 0.481 e. The summed E-state index contributed by atoms with van der Waals surface area (Å²) in [6.45, 7) is 2.99. The molecule has 3 atom stereocenters. The summed E-state index contributed by atoms with van der Waals surface area (Å²) < 4.78 is 0. The average Bonchev–Trinajstić information content (AvgIpc) is 2.89. The number of carboxylic acid groups (broad SMARTS) is 1. The van der Waals surface area contributed by atoms with Gasteiger partial charge in [0.15, 0.2) is 0 Å². The Hall–Kier alpha value is -1.35. The van der Waals surface area contributed by atoms with Crippen LogP contribution in [0.25, 0.3) is 0 Å². The number of carbonyl (C=O) groups is 1. The van der Waals surface area contributed by atoms with Gasteiger partial charge in [0.25, 0.3) is 0 Å². The quantitative estimate of drug-likeness (QED) is 0.887. The molecule has 2 aliphatic rings. The van der Waals surface area contributed by atoms with E-state index in [0.717, 1.165) is 32.5 Å². The van der Waals surface area contributed by atoms with Crippen molar-refractivity contribution in [2.45, 2.75) is 19.4 Å². The minimum Gasteiger partial charge on any atom is -0.481 e. The van der Waals surface area contributed by atoms with Crippen LogP contribution in [-0.2, 0) is 11.3 Å². The molecule has 1 saturated heterocycles. The van der Waals surface area contributed by atoms with E-state index in [2.05, 4.69) is 29.2 Å². The van der Waals surface area contributed by atoms with Gasteiger partial charge in [-0.1, -0.05) is 30.3 Å². The first-order valence-corrected chi connectivity index (χ1v) is 6.73. The third kappa shape index (κ3) is 2.15. The predicted octanol–water partition coefficient (Wildman–Crippen LogP) is 2.23. The summed E-state index contributed by atoms with van der Waals surface area (Å²) in [5, 5.41) is 9.22. The lowest BCUT2D eigenvalue weighted by atomic mass is 9.93. The van der Waals surface area contributed by atoms with Crippen molar-refractivity contribution in [1.29, 1.82) is 0 Å². The van der Waals surface area contributed by atoms with E-state index in [4.69, 9.17) is 0 Å². The molecule has 0 bridgehead atoms. The molecule has 1 saturated carbocycles. The summed E-state index contributed by atoms with van der Waals surface area (Å²) in [5.41, 5.74) is 1.32. The van der Waals surface area contributed by atoms with E-state index in [1.807, 2.05) is 6.07 Å². The summed E-state index contributed by atoms with van der Waals surface area (Å²) in [6.07, 6.45) is 1.97. The van der Waals surface area contributed by atoms with Crippen LogP contribution in [0.4, 0.5) is 0 Å². The van der Waals surface area contributed by atoms with Crippen LogP contribution in [-0.4, -0.2) is 29.1 Å². The molecule has 1 N–H and O–H groups in total. The third-order valence-corrected chi connectivity index (χ3v) is 4.50. The van der Waals surface area contributed by atoms with Crippen molar-refractivity contribution >= 4 is 5.97 Å². The van der Waals surface area contributed by atoms with Crippen LogP contribution in [0.5, 0.6) is 0 Å². The van der Waals surface area contributed by atoms with Gasteiger partial charge in [0.1, 0.15) is 0 Å². The fourth-order valence-electron chi connectivity index (χ4n) is 3.63. The van der Waals surface area contributed by atoms with E-state index in [0.29, 0.717) is 11.8 Å². The van der Waals surface area contributed by atoms with E-state index in [-0.39, 0.29) is 5.92 Å². The van der Waals surface area contributed by atoms with Gasteiger partial charge in [-0.2, -0.15) is 0 Å². The number of aliphatic carboxylic acids is 1. The van der Waals surface area contributed by atoms with Crippen LogP contribution < -0.4 is 0 Å². The smallest absolute Gasteiger partial charge is 0.306 e. The molecule has 18 heavy (non-hydrogen) atoms. The molecule has 0 aromatic heterocycles. The molecule has 1 aliphatic carbocycles. The molecule has 96 valence electrons. The molecule has 0 amide bonds. The summed E-state index contributed by atoms with van der Waals surface area (Å²) in [7, 11) is 0. The van der Waals surface area contributed by atoms with Gasteiger partial charge in [-0.15, -0.1) is 0 Å². The van der Waals surface area contributed by atoms with Crippen molar-refractivity contribution in [3.05, 3.63) is 35.9 Å². The first kappa shape index (κ1) is 11.7. The van der Waals surface area contributed by atoms with Crippen molar-refractivity contribution in [1.82, 2.24) is 4.90 Å². The van der Waals surface area contributed by atoms with Crippen molar-refractivity contribution in [2.24, 2.45) is 17.8 Å². The van der Waals surface area contributed by atoms with Crippen LogP contribution in [0.15, 0.2) is 30.3 Å². The molecule has 0 spiro atoms. The highest BCUT2D eigenvalue weighted by molar-refractivity contribution is 5.71. The Bertz CT molecular complexity index is 431. The zero-order chi connectivity index (χ0) is 12.5. The lowest BCUT2D eigenvalue weighted by molar-refractivity contribution is -0.143. The lowest BCUT2D eigenvalue weighted by Crippen LogP contribution is -2.25. The van der Waals surface area contributed by atoms with Crippen molar-refractivity contribution in [3.63, 3.8) is 0 Å². The Balaban J connectivity index is 1.64. The zero-order valence-electron chi connectivity index (χ0n) is 10.5. The number of fused-ring (bicyclic) bond motifs is 1. The first-order chi connectivity index (χ1) is 8.74. The molecule has 3 unspecified atom stereocenters. The molecule has 3 nitrogen and oxygen atoms in total. The number of rotatable bonds is 3. The van der Waals surface area contributed by atoms with Crippen LogP contribution in [0.3, 0.4) is 0 Å². The molecule has 1 heterocycles. The fraction of sp³-hybridized carbons (Fsp3) is 0.533. The van der Waals surface area contributed by atoms with Gasteiger partial charge in [-0.05, 0) is 30.2 Å². The van der Waals surface area contributed by atoms with Crippen molar-refractivity contribution in [3.8, 4) is 0 Å². The molecule has 3 heteroatoms. The van der Waals surface area contributed by atoms with E-state index < -0.39 is 5.97 Å². The summed E-state index contributed by atoms with van der Waals surface area (Å²) in [5.74, 6) is 0.292. The van der Waals surface area contributed by atoms with E-state index >= 15 is 0 Å². The molecule has 1 aliphatic heterocycles. The predicted molar refractivity (Wildman–Crippen MR) is 69.1 cm³/mol. The van der Waals surface area contributed by atoms with Gasteiger partial charge in [0.2, 0.25) is 0 Å². The van der Waals surface area contributed by atoms with Gasteiger partial charge in [0, 0.05) is 19.6 Å². The lowest BCUT2D eigenvalue weighted by Gasteiger charge is -2.18. The topological polar surface area (TPSA) is 40.5 Å². The number of nitrogens with zero attached hydrogens (tertiary/aromatic N) is 1. The average molecular weight is 245 g/mol. The van der Waals surface area contributed by atoms with Gasteiger partial charge in [-0.25, -0.2) is 0 Å². The SMILES string of the molecule is O=C(O)C1CCC2CN(Cc3ccccc3)CC21. The normalized spacial score (nSPS) is 31.4. The second-order valence-electron chi connectivity index (χ2n) is 5.63. The summed E-state index contributed by atoms with van der Waals surface area (Å²) >= 11 is 0. The standard InChI is InChI=1S/C15H19NO2/c17-15(18)13-7-6-12-9-16(10-14(12)13)8-11-4-2-1-3-5-11/h1-5,12-14H,6-10H2,(H,17,18). The van der Waals surface area contributed by atoms with Gasteiger partial charge in [0.05, 0.1) is 5.92 Å². The Morgan fingerprint density at radius 3 is 2.72 bits per heavy atom. The molecular formula is C15H19NO2. The highest BCUT2D eigenvalue weighted by Gasteiger charge is 2.45. The molecule has 1 aromatic carbocycles. The van der Waals surface area contributed by atoms with E-state index in [1.54, 1.807) is 0 Å². The van der Waals surface area contributed by atoms with Crippen molar-refractivity contribution < 1.29 is 9.90 Å². The van der Waals surface area contributed by atoms with E-state index in [9.17, 15) is 9.90 Å². The molecular weight excluding hydrogens is 226 g/mol. The molecule has 3 rings (SSSR count). The minimum absolute atomic E-state index is 0.101. The number of likely N-dealkylation sites (tertiary alicyclic amines) is 1. The van der Waals surface area contributed by atoms with Gasteiger partial charge < -0.3 is 5.11 Å². The second-order valence-corrected chi connectivity index (χ2v) is 5.63. The first-order valence-electron chi connectivity index (χ1n) is 6.73. The van der Waals surface area contributed by atoms with Crippen LogP contribution in [0.2, 0.25) is 0 Å². The maximum Gasteiger partial charge on any atom is 0.306 e. The summed E-state index contributed by atoms with van der Waals surface area (Å²) in [4.78, 5) is 13.6. The Morgan fingerprint density at radius 2 is 2.00 bits per heavy atom. The molecule has 0 radical (unpaired) electrons. The second kappa shape index (κ2) is 4.73. The maximum absolute atomic E-state index is 11.2. The number of hydrogen-bond donors (Lipinski definition) is 1. The number of benzene rings is 1. The Kier molecular flexibility index (Phi) is 3.08. The van der Waals surface area contributed by atoms with E-state index in [1.165, 1.54) is 5.56 Å². The van der Waals surface area contributed by atoms with Crippen molar-refractivity contribution in [2.75, 3.05) is 13.1 Å². The fourth-order valence-corrected chi connectivity index (χ4v) is 3.63. The Labute approximate surface area is 107 Å². The highest BCUT2D eigenvalue weighted by Crippen LogP contribution is 2.42.